The van der Waals surface area contributed by atoms with Crippen LogP contribution in [0.4, 0.5) is 0 Å². The molecule has 2 aliphatic rings. The minimum atomic E-state index is 0.617. The van der Waals surface area contributed by atoms with Gasteiger partial charge >= 0.3 is 0 Å². The van der Waals surface area contributed by atoms with E-state index in [-0.39, 0.29) is 0 Å². The molecule has 110 valence electrons. The Morgan fingerprint density at radius 3 is 2.86 bits per heavy atom. The molecule has 0 spiro atoms. The molecule has 2 aromatic rings. The summed E-state index contributed by atoms with van der Waals surface area (Å²) in [5.41, 5.74) is 2.57. The van der Waals surface area contributed by atoms with Crippen molar-refractivity contribution in [1.82, 2.24) is 10.3 Å². The summed E-state index contributed by atoms with van der Waals surface area (Å²) in [4.78, 5) is 4.49. The van der Waals surface area contributed by atoms with E-state index in [2.05, 4.69) is 47.7 Å². The summed E-state index contributed by atoms with van der Waals surface area (Å²) in [5, 5.41) is 4.94. The van der Waals surface area contributed by atoms with Gasteiger partial charge in [0.2, 0.25) is 0 Å². The second-order valence-electron chi connectivity index (χ2n) is 6.93. The van der Waals surface area contributed by atoms with Gasteiger partial charge in [-0.1, -0.05) is 24.6 Å². The Kier molecular flexibility index (Phi) is 3.42. The van der Waals surface area contributed by atoms with Gasteiger partial charge in [0.1, 0.15) is 0 Å². The highest BCUT2D eigenvalue weighted by Crippen LogP contribution is 2.49. The molecule has 2 saturated carbocycles. The van der Waals surface area contributed by atoms with Gasteiger partial charge in [0.15, 0.2) is 0 Å². The first-order valence-electron chi connectivity index (χ1n) is 8.35. The molecule has 21 heavy (non-hydrogen) atoms. The van der Waals surface area contributed by atoms with Gasteiger partial charge in [0.25, 0.3) is 0 Å². The molecule has 1 N–H and O–H groups in total. The number of nitrogens with one attached hydrogen (secondary N) is 1. The van der Waals surface area contributed by atoms with Crippen LogP contribution in [0.5, 0.6) is 0 Å². The first kappa shape index (κ1) is 13.3. The number of nitrogens with zero attached hydrogens (tertiary/aromatic N) is 1. The number of hydrogen-bond donors (Lipinski definition) is 1. The molecule has 2 nitrogen and oxygen atoms in total. The molecule has 1 heterocycles. The quantitative estimate of drug-likeness (QED) is 0.921. The van der Waals surface area contributed by atoms with Gasteiger partial charge in [-0.3, -0.25) is 4.98 Å². The summed E-state index contributed by atoms with van der Waals surface area (Å²) >= 11 is 0. The summed E-state index contributed by atoms with van der Waals surface area (Å²) in [5.74, 6) is 2.87. The molecule has 2 heteroatoms. The van der Waals surface area contributed by atoms with Crippen LogP contribution in [0, 0.1) is 17.8 Å². The third-order valence-electron chi connectivity index (χ3n) is 5.86. The van der Waals surface area contributed by atoms with Gasteiger partial charge in [-0.25, -0.2) is 0 Å². The lowest BCUT2D eigenvalue weighted by atomic mass is 9.80. The lowest BCUT2D eigenvalue weighted by Crippen LogP contribution is -2.38. The number of para-hydroxylation sites is 1. The zero-order chi connectivity index (χ0) is 14.2. The average molecular weight is 280 g/mol. The number of hydrogen-bond acceptors (Lipinski definition) is 2. The topological polar surface area (TPSA) is 24.9 Å². The molecule has 0 aliphatic heterocycles. The summed E-state index contributed by atoms with van der Waals surface area (Å²) in [6.45, 7) is 0. The third-order valence-corrected chi connectivity index (χ3v) is 5.86. The minimum absolute atomic E-state index is 0.617. The van der Waals surface area contributed by atoms with Crippen LogP contribution in [-0.2, 0) is 6.42 Å². The van der Waals surface area contributed by atoms with E-state index in [9.17, 15) is 0 Å². The number of likely N-dealkylation sites (N-methyl/N-ethyl adjacent to an activating group) is 1. The highest BCUT2D eigenvalue weighted by molar-refractivity contribution is 5.81. The van der Waals surface area contributed by atoms with Crippen LogP contribution in [0.15, 0.2) is 36.5 Å². The first-order valence-corrected chi connectivity index (χ1v) is 8.35. The SMILES string of the molecule is CNC(Cc1ccnc2ccccc12)C1CC2CCC1C2. The third kappa shape index (κ3) is 2.36. The minimum Gasteiger partial charge on any atom is -0.316 e. The van der Waals surface area contributed by atoms with Crippen molar-refractivity contribution >= 4 is 10.9 Å². The van der Waals surface area contributed by atoms with E-state index < -0.39 is 0 Å². The number of benzene rings is 1. The van der Waals surface area contributed by atoms with E-state index in [1.807, 2.05) is 6.20 Å². The molecule has 4 unspecified atom stereocenters. The van der Waals surface area contributed by atoms with Crippen LogP contribution in [0.25, 0.3) is 10.9 Å². The van der Waals surface area contributed by atoms with E-state index in [0.29, 0.717) is 6.04 Å². The van der Waals surface area contributed by atoms with Crippen LogP contribution in [0.2, 0.25) is 0 Å². The molecule has 2 bridgehead atoms. The number of aromatic nitrogens is 1. The maximum absolute atomic E-state index is 4.49. The standard InChI is InChI=1S/C19H24N2/c1-20-19(17-11-13-6-7-14(17)10-13)12-15-8-9-21-18-5-3-2-4-16(15)18/h2-5,8-9,13-14,17,19-20H,6-7,10-12H2,1H3. The maximum atomic E-state index is 4.49. The summed E-state index contributed by atoms with van der Waals surface area (Å²) in [7, 11) is 2.14. The normalized spacial score (nSPS) is 29.1. The van der Waals surface area contributed by atoms with Crippen LogP contribution < -0.4 is 5.32 Å². The van der Waals surface area contributed by atoms with Gasteiger partial charge in [0.05, 0.1) is 5.52 Å². The highest BCUT2D eigenvalue weighted by Gasteiger charge is 2.42. The number of rotatable bonds is 4. The molecule has 4 rings (SSSR count). The smallest absolute Gasteiger partial charge is 0.0704 e. The van der Waals surface area contributed by atoms with Crippen molar-refractivity contribution < 1.29 is 0 Å². The Morgan fingerprint density at radius 1 is 1.19 bits per heavy atom. The average Bonchev–Trinajstić information content (AvgIpc) is 3.15. The van der Waals surface area contributed by atoms with Gasteiger partial charge in [0, 0.05) is 17.6 Å². The predicted octanol–water partition coefficient (Wildman–Crippen LogP) is 3.80. The van der Waals surface area contributed by atoms with E-state index in [1.165, 1.54) is 36.6 Å². The van der Waals surface area contributed by atoms with Crippen molar-refractivity contribution in [3.63, 3.8) is 0 Å². The lowest BCUT2D eigenvalue weighted by Gasteiger charge is -2.30. The van der Waals surface area contributed by atoms with Gasteiger partial charge in [-0.2, -0.15) is 0 Å². The molecule has 2 fully saturated rings. The maximum Gasteiger partial charge on any atom is 0.0704 e. The second kappa shape index (κ2) is 5.42. The largest absolute Gasteiger partial charge is 0.316 e. The van der Waals surface area contributed by atoms with E-state index >= 15 is 0 Å². The molecular formula is C19H24N2. The Labute approximate surface area is 127 Å². The highest BCUT2D eigenvalue weighted by atomic mass is 14.9. The van der Waals surface area contributed by atoms with Crippen LogP contribution >= 0.6 is 0 Å². The first-order chi connectivity index (χ1) is 10.3. The fourth-order valence-corrected chi connectivity index (χ4v) is 4.82. The van der Waals surface area contributed by atoms with Gasteiger partial charge < -0.3 is 5.32 Å². The van der Waals surface area contributed by atoms with Crippen molar-refractivity contribution in [3.05, 3.63) is 42.1 Å². The Morgan fingerprint density at radius 2 is 2.10 bits per heavy atom. The summed E-state index contributed by atoms with van der Waals surface area (Å²) in [6, 6.07) is 11.4. The van der Waals surface area contributed by atoms with Crippen LogP contribution in [-0.4, -0.2) is 18.1 Å². The van der Waals surface area contributed by atoms with E-state index in [4.69, 9.17) is 0 Å². The van der Waals surface area contributed by atoms with Gasteiger partial charge in [-0.05, 0) is 68.2 Å². The predicted molar refractivity (Wildman–Crippen MR) is 87.2 cm³/mol. The number of fused-ring (bicyclic) bond motifs is 3. The van der Waals surface area contributed by atoms with E-state index in [1.54, 1.807) is 0 Å². The molecule has 0 amide bonds. The zero-order valence-electron chi connectivity index (χ0n) is 12.8. The molecule has 0 saturated heterocycles. The van der Waals surface area contributed by atoms with Crippen LogP contribution in [0.3, 0.4) is 0 Å². The van der Waals surface area contributed by atoms with Crippen LogP contribution in [0.1, 0.15) is 31.2 Å². The van der Waals surface area contributed by atoms with E-state index in [0.717, 1.165) is 29.7 Å². The van der Waals surface area contributed by atoms with Crippen molar-refractivity contribution in [2.24, 2.45) is 17.8 Å². The van der Waals surface area contributed by atoms with Crippen molar-refractivity contribution in [2.45, 2.75) is 38.1 Å². The number of pyridine rings is 1. The lowest BCUT2D eigenvalue weighted by molar-refractivity contribution is 0.256. The fourth-order valence-electron chi connectivity index (χ4n) is 4.82. The Hall–Kier alpha value is -1.41. The van der Waals surface area contributed by atoms with Gasteiger partial charge in [-0.15, -0.1) is 0 Å². The van der Waals surface area contributed by atoms with Crippen molar-refractivity contribution in [3.8, 4) is 0 Å². The monoisotopic (exact) mass is 280 g/mol. The molecule has 4 atom stereocenters. The Bertz CT molecular complexity index is 631. The second-order valence-corrected chi connectivity index (χ2v) is 6.93. The summed E-state index contributed by atoms with van der Waals surface area (Å²) in [6.07, 6.45) is 8.97. The van der Waals surface area contributed by atoms with Crippen molar-refractivity contribution in [2.75, 3.05) is 7.05 Å². The summed E-state index contributed by atoms with van der Waals surface area (Å²) < 4.78 is 0. The Balaban J connectivity index is 1.61. The fraction of sp³-hybridized carbons (Fsp3) is 0.526. The molecule has 2 aliphatic carbocycles. The molecule has 0 radical (unpaired) electrons. The molecule has 1 aromatic carbocycles. The zero-order valence-corrected chi connectivity index (χ0v) is 12.8. The van der Waals surface area contributed by atoms with Crippen molar-refractivity contribution in [1.29, 1.82) is 0 Å². The molecular weight excluding hydrogens is 256 g/mol. The molecule has 1 aromatic heterocycles.